The van der Waals surface area contributed by atoms with Crippen LogP contribution in [0.15, 0.2) is 42.5 Å². The number of nitrogens with zero attached hydrogens (tertiary/aromatic N) is 1. The van der Waals surface area contributed by atoms with Crippen LogP contribution >= 0.6 is 0 Å². The number of ether oxygens (including phenoxy) is 2. The summed E-state index contributed by atoms with van der Waals surface area (Å²) in [7, 11) is 3.25. The highest BCUT2D eigenvalue weighted by atomic mass is 16.5. The maximum atomic E-state index is 12.9. The van der Waals surface area contributed by atoms with Crippen LogP contribution in [-0.2, 0) is 4.79 Å². The molecule has 0 saturated carbocycles. The Morgan fingerprint density at radius 1 is 1.07 bits per heavy atom. The van der Waals surface area contributed by atoms with Crippen LogP contribution in [0.5, 0.6) is 11.5 Å². The molecule has 2 aromatic rings. The quantitative estimate of drug-likeness (QED) is 0.749. The normalized spacial score (nSPS) is 15.7. The van der Waals surface area contributed by atoms with E-state index in [0.717, 1.165) is 37.9 Å². The molecule has 3 rings (SSSR count). The highest BCUT2D eigenvalue weighted by Crippen LogP contribution is 2.31. The van der Waals surface area contributed by atoms with Crippen LogP contribution in [0.1, 0.15) is 43.4 Å². The molecule has 0 spiro atoms. The van der Waals surface area contributed by atoms with Gasteiger partial charge in [-0.15, -0.1) is 0 Å². The van der Waals surface area contributed by atoms with Gasteiger partial charge in [0.15, 0.2) is 11.5 Å². The molecule has 1 aliphatic heterocycles. The van der Waals surface area contributed by atoms with E-state index in [0.29, 0.717) is 11.5 Å². The number of carbonyl (C=O) groups is 1. The van der Waals surface area contributed by atoms with E-state index in [2.05, 4.69) is 48.3 Å². The second-order valence-corrected chi connectivity index (χ2v) is 7.68. The van der Waals surface area contributed by atoms with Crippen LogP contribution in [-0.4, -0.2) is 33.2 Å². The largest absolute Gasteiger partial charge is 0.493 e. The molecule has 1 saturated heterocycles. The van der Waals surface area contributed by atoms with Gasteiger partial charge < -0.3 is 19.7 Å². The summed E-state index contributed by atoms with van der Waals surface area (Å²) < 4.78 is 10.7. The minimum absolute atomic E-state index is 0.0302. The number of amides is 1. The van der Waals surface area contributed by atoms with E-state index in [4.69, 9.17) is 9.47 Å². The third kappa shape index (κ3) is 5.03. The molecule has 1 aliphatic rings. The zero-order valence-corrected chi connectivity index (χ0v) is 17.9. The minimum Gasteiger partial charge on any atom is -0.493 e. The highest BCUT2D eigenvalue weighted by molar-refractivity contribution is 5.79. The van der Waals surface area contributed by atoms with Gasteiger partial charge in [-0.2, -0.15) is 0 Å². The van der Waals surface area contributed by atoms with Crippen molar-refractivity contribution in [2.24, 2.45) is 5.92 Å². The van der Waals surface area contributed by atoms with E-state index in [1.54, 1.807) is 14.2 Å². The predicted molar refractivity (Wildman–Crippen MR) is 117 cm³/mol. The van der Waals surface area contributed by atoms with Gasteiger partial charge in [-0.1, -0.05) is 30.7 Å². The zero-order valence-electron chi connectivity index (χ0n) is 17.9. The monoisotopic (exact) mass is 396 g/mol. The molecule has 1 N–H and O–H groups in total. The van der Waals surface area contributed by atoms with Gasteiger partial charge in [0.05, 0.1) is 20.3 Å². The average molecular weight is 397 g/mol. The first-order valence-electron chi connectivity index (χ1n) is 10.4. The van der Waals surface area contributed by atoms with Gasteiger partial charge in [-0.25, -0.2) is 0 Å². The third-order valence-electron chi connectivity index (χ3n) is 5.80. The van der Waals surface area contributed by atoms with Gasteiger partial charge in [-0.05, 0) is 56.0 Å². The number of hydrogen-bond donors (Lipinski definition) is 1. The van der Waals surface area contributed by atoms with E-state index >= 15 is 0 Å². The molecule has 5 heteroatoms. The Kier molecular flexibility index (Phi) is 7.02. The summed E-state index contributed by atoms with van der Waals surface area (Å²) in [5, 5.41) is 3.25. The Morgan fingerprint density at radius 3 is 2.31 bits per heavy atom. The van der Waals surface area contributed by atoms with Gasteiger partial charge in [0.1, 0.15) is 0 Å². The summed E-state index contributed by atoms with van der Waals surface area (Å²) >= 11 is 0. The van der Waals surface area contributed by atoms with Crippen LogP contribution in [0.2, 0.25) is 0 Å². The Balaban J connectivity index is 1.60. The van der Waals surface area contributed by atoms with Crippen molar-refractivity contribution in [2.75, 3.05) is 32.2 Å². The lowest BCUT2D eigenvalue weighted by Gasteiger charge is -2.33. The van der Waals surface area contributed by atoms with Gasteiger partial charge in [0, 0.05) is 24.7 Å². The number of benzene rings is 2. The van der Waals surface area contributed by atoms with Crippen molar-refractivity contribution in [1.29, 1.82) is 0 Å². The van der Waals surface area contributed by atoms with Crippen molar-refractivity contribution in [1.82, 2.24) is 5.32 Å². The zero-order chi connectivity index (χ0) is 20.8. The smallest absolute Gasteiger partial charge is 0.223 e. The van der Waals surface area contributed by atoms with E-state index in [1.165, 1.54) is 11.3 Å². The number of piperidine rings is 1. The number of rotatable bonds is 7. The van der Waals surface area contributed by atoms with Crippen molar-refractivity contribution in [3.05, 3.63) is 53.6 Å². The fourth-order valence-corrected chi connectivity index (χ4v) is 3.94. The SMILES string of the molecule is CC[C@H](NC(=O)C1CCN(c2ccc(C)cc2)CC1)c1ccc(OC)c(OC)c1. The number of hydrogen-bond acceptors (Lipinski definition) is 4. The van der Waals surface area contributed by atoms with Gasteiger partial charge >= 0.3 is 0 Å². The van der Waals surface area contributed by atoms with Crippen LogP contribution in [0.4, 0.5) is 5.69 Å². The number of nitrogens with one attached hydrogen (secondary N) is 1. The van der Waals surface area contributed by atoms with Crippen LogP contribution in [0, 0.1) is 12.8 Å². The first kappa shape index (κ1) is 21.0. The molecule has 1 amide bonds. The number of carbonyl (C=O) groups excluding carboxylic acids is 1. The Morgan fingerprint density at radius 2 is 1.72 bits per heavy atom. The summed E-state index contributed by atoms with van der Waals surface area (Å²) in [5.74, 6) is 1.59. The van der Waals surface area contributed by atoms with Crippen molar-refractivity contribution >= 4 is 11.6 Å². The first-order chi connectivity index (χ1) is 14.0. The van der Waals surface area contributed by atoms with Crippen molar-refractivity contribution in [2.45, 2.75) is 39.2 Å². The van der Waals surface area contributed by atoms with Crippen molar-refractivity contribution in [3.8, 4) is 11.5 Å². The highest BCUT2D eigenvalue weighted by Gasteiger charge is 2.27. The molecule has 5 nitrogen and oxygen atoms in total. The molecule has 29 heavy (non-hydrogen) atoms. The molecule has 0 bridgehead atoms. The average Bonchev–Trinajstić information content (AvgIpc) is 2.77. The maximum Gasteiger partial charge on any atom is 0.223 e. The molecule has 0 aromatic heterocycles. The number of aryl methyl sites for hydroxylation is 1. The van der Waals surface area contributed by atoms with E-state index in [1.807, 2.05) is 18.2 Å². The summed E-state index contributed by atoms with van der Waals surface area (Å²) in [6.07, 6.45) is 2.58. The lowest BCUT2D eigenvalue weighted by Crippen LogP contribution is -2.41. The molecule has 0 radical (unpaired) electrons. The maximum absolute atomic E-state index is 12.9. The van der Waals surface area contributed by atoms with Crippen LogP contribution in [0.25, 0.3) is 0 Å². The van der Waals surface area contributed by atoms with Crippen molar-refractivity contribution < 1.29 is 14.3 Å². The lowest BCUT2D eigenvalue weighted by molar-refractivity contribution is -0.126. The Hall–Kier alpha value is -2.69. The topological polar surface area (TPSA) is 50.8 Å². The molecule has 1 atom stereocenters. The van der Waals surface area contributed by atoms with Gasteiger partial charge in [-0.3, -0.25) is 4.79 Å². The predicted octanol–water partition coefficient (Wildman–Crippen LogP) is 4.50. The van der Waals surface area contributed by atoms with Crippen molar-refractivity contribution in [3.63, 3.8) is 0 Å². The lowest BCUT2D eigenvalue weighted by atomic mass is 9.94. The minimum atomic E-state index is -0.0302. The molecular formula is C24H32N2O3. The van der Waals surface area contributed by atoms with Crippen LogP contribution in [0.3, 0.4) is 0 Å². The molecule has 1 heterocycles. The molecule has 0 unspecified atom stereocenters. The Labute approximate surface area is 174 Å². The van der Waals surface area contributed by atoms with Gasteiger partial charge in [0.2, 0.25) is 5.91 Å². The molecular weight excluding hydrogens is 364 g/mol. The standard InChI is InChI=1S/C24H32N2O3/c1-5-21(19-8-11-22(28-3)23(16-19)29-4)25-24(27)18-12-14-26(15-13-18)20-9-6-17(2)7-10-20/h6-11,16,18,21H,5,12-15H2,1-4H3,(H,25,27)/t21-/m0/s1. The van der Waals surface area contributed by atoms with Gasteiger partial charge in [0.25, 0.3) is 0 Å². The second kappa shape index (κ2) is 9.68. The second-order valence-electron chi connectivity index (χ2n) is 7.68. The van der Waals surface area contributed by atoms with Crippen LogP contribution < -0.4 is 19.7 Å². The molecule has 1 fully saturated rings. The summed E-state index contributed by atoms with van der Waals surface area (Å²) in [6.45, 7) is 6.01. The first-order valence-corrected chi connectivity index (χ1v) is 10.4. The van der Waals surface area contributed by atoms with E-state index in [9.17, 15) is 4.79 Å². The molecule has 2 aromatic carbocycles. The third-order valence-corrected chi connectivity index (χ3v) is 5.80. The molecule has 156 valence electrons. The van der Waals surface area contributed by atoms with E-state index in [-0.39, 0.29) is 17.9 Å². The fraction of sp³-hybridized carbons (Fsp3) is 0.458. The van der Waals surface area contributed by atoms with E-state index < -0.39 is 0 Å². The Bertz CT molecular complexity index is 811. The number of anilines is 1. The molecule has 0 aliphatic carbocycles. The summed E-state index contributed by atoms with van der Waals surface area (Å²) in [4.78, 5) is 15.3. The number of methoxy groups -OCH3 is 2. The summed E-state index contributed by atoms with van der Waals surface area (Å²) in [6, 6.07) is 14.4. The summed E-state index contributed by atoms with van der Waals surface area (Å²) in [5.41, 5.74) is 3.55. The fourth-order valence-electron chi connectivity index (χ4n) is 3.94.